The van der Waals surface area contributed by atoms with Crippen LogP contribution >= 0.6 is 0 Å². The van der Waals surface area contributed by atoms with Gasteiger partial charge in [-0.15, -0.1) is 0 Å². The van der Waals surface area contributed by atoms with Crippen molar-refractivity contribution in [3.05, 3.63) is 30.3 Å². The van der Waals surface area contributed by atoms with Crippen LogP contribution in [0.5, 0.6) is 0 Å². The molecule has 0 unspecified atom stereocenters. The Kier molecular flexibility index (Phi) is 3.37. The summed E-state index contributed by atoms with van der Waals surface area (Å²) in [6, 6.07) is 6.16. The summed E-state index contributed by atoms with van der Waals surface area (Å²) < 4.78 is 0. The molecule has 1 aliphatic rings. The molecule has 3 nitrogen and oxygen atoms in total. The smallest absolute Gasteiger partial charge is 0.0927 e. The fourth-order valence-corrected chi connectivity index (χ4v) is 2.05. The maximum absolute atomic E-state index is 4.13. The van der Waals surface area contributed by atoms with E-state index in [9.17, 15) is 0 Å². The summed E-state index contributed by atoms with van der Waals surface area (Å²) in [7, 11) is 0. The third-order valence-electron chi connectivity index (χ3n) is 2.88. The van der Waals surface area contributed by atoms with Crippen LogP contribution in [0.15, 0.2) is 29.8 Å². The predicted molar refractivity (Wildman–Crippen MR) is 70.8 cm³/mol. The van der Waals surface area contributed by atoms with Crippen LogP contribution in [0.1, 0.15) is 5.56 Å². The number of rotatable bonds is 3. The number of aliphatic imine (C=N–C) groups is 1. The number of hydrogen-bond donors (Lipinski definition) is 1. The molecule has 0 aromatic heterocycles. The van der Waals surface area contributed by atoms with Gasteiger partial charge in [0.05, 0.1) is 11.4 Å². The lowest BCUT2D eigenvalue weighted by Crippen LogP contribution is -2.43. The Balaban J connectivity index is 2.38. The molecule has 1 aromatic rings. The van der Waals surface area contributed by atoms with E-state index < -0.39 is 0 Å². The number of piperazine rings is 1. The quantitative estimate of drug-likeness (QED) is 0.782. The first kappa shape index (κ1) is 10.9. The first-order valence-corrected chi connectivity index (χ1v) is 5.54. The average molecular weight is 215 g/mol. The number of anilines is 1. The standard InChI is InChI=1S/C13H17N3/c1-3-11-5-4-6-12(13(11)14-2)16-9-7-15-8-10-16/h3-6,15H,1-2,7-10H2. The Hall–Kier alpha value is -1.61. The van der Waals surface area contributed by atoms with E-state index >= 15 is 0 Å². The van der Waals surface area contributed by atoms with Crippen molar-refractivity contribution in [3.8, 4) is 0 Å². The van der Waals surface area contributed by atoms with Gasteiger partial charge in [-0.1, -0.05) is 24.8 Å². The summed E-state index contributed by atoms with van der Waals surface area (Å²) in [6.07, 6.45) is 1.83. The van der Waals surface area contributed by atoms with Gasteiger partial charge in [0.2, 0.25) is 0 Å². The number of nitrogens with one attached hydrogen (secondary N) is 1. The molecule has 0 atom stereocenters. The van der Waals surface area contributed by atoms with E-state index in [0.717, 1.165) is 43.1 Å². The van der Waals surface area contributed by atoms with Crippen molar-refractivity contribution in [2.45, 2.75) is 0 Å². The second kappa shape index (κ2) is 4.94. The normalized spacial score (nSPS) is 15.9. The van der Waals surface area contributed by atoms with Gasteiger partial charge >= 0.3 is 0 Å². The SMILES string of the molecule is C=Cc1cccc(N2CCNCC2)c1N=C. The molecule has 0 aliphatic carbocycles. The van der Waals surface area contributed by atoms with Gasteiger partial charge in [-0.25, -0.2) is 0 Å². The highest BCUT2D eigenvalue weighted by Gasteiger charge is 2.14. The van der Waals surface area contributed by atoms with E-state index in [1.165, 1.54) is 0 Å². The van der Waals surface area contributed by atoms with Crippen LogP contribution in [0.25, 0.3) is 6.08 Å². The van der Waals surface area contributed by atoms with E-state index in [-0.39, 0.29) is 0 Å². The molecule has 0 saturated carbocycles. The van der Waals surface area contributed by atoms with Crippen molar-refractivity contribution in [2.75, 3.05) is 31.1 Å². The van der Waals surface area contributed by atoms with Gasteiger partial charge in [0.25, 0.3) is 0 Å². The molecule has 3 heteroatoms. The maximum Gasteiger partial charge on any atom is 0.0927 e. The zero-order valence-electron chi connectivity index (χ0n) is 9.45. The minimum Gasteiger partial charge on any atom is -0.367 e. The monoisotopic (exact) mass is 215 g/mol. The summed E-state index contributed by atoms with van der Waals surface area (Å²) in [6.45, 7) is 11.5. The zero-order valence-corrected chi connectivity index (χ0v) is 9.45. The van der Waals surface area contributed by atoms with Gasteiger partial charge in [-0.05, 0) is 12.8 Å². The fraction of sp³-hybridized carbons (Fsp3) is 0.308. The summed E-state index contributed by atoms with van der Waals surface area (Å²) >= 11 is 0. The summed E-state index contributed by atoms with van der Waals surface area (Å²) in [5, 5.41) is 3.34. The largest absolute Gasteiger partial charge is 0.367 e. The second-order valence-corrected chi connectivity index (χ2v) is 3.81. The van der Waals surface area contributed by atoms with Crippen molar-refractivity contribution >= 4 is 24.2 Å². The first-order valence-electron chi connectivity index (χ1n) is 5.54. The highest BCUT2D eigenvalue weighted by Crippen LogP contribution is 2.32. The molecule has 1 aromatic carbocycles. The van der Waals surface area contributed by atoms with Crippen molar-refractivity contribution in [1.82, 2.24) is 5.32 Å². The molecule has 1 fully saturated rings. The van der Waals surface area contributed by atoms with Gasteiger partial charge in [-0.3, -0.25) is 4.99 Å². The van der Waals surface area contributed by atoms with Gasteiger partial charge < -0.3 is 10.2 Å². The molecule has 1 heterocycles. The lowest BCUT2D eigenvalue weighted by Gasteiger charge is -2.30. The molecule has 0 amide bonds. The van der Waals surface area contributed by atoms with Gasteiger partial charge in [0, 0.05) is 31.7 Å². The molecule has 16 heavy (non-hydrogen) atoms. The molecule has 1 saturated heterocycles. The molecule has 2 rings (SSSR count). The van der Waals surface area contributed by atoms with Crippen molar-refractivity contribution < 1.29 is 0 Å². The third-order valence-corrected chi connectivity index (χ3v) is 2.88. The molecular formula is C13H17N3. The highest BCUT2D eigenvalue weighted by molar-refractivity contribution is 5.78. The maximum atomic E-state index is 4.13. The zero-order chi connectivity index (χ0) is 11.4. The first-order chi connectivity index (χ1) is 7.86. The topological polar surface area (TPSA) is 27.6 Å². The fourth-order valence-electron chi connectivity index (χ4n) is 2.05. The van der Waals surface area contributed by atoms with Gasteiger partial charge in [0.15, 0.2) is 0 Å². The second-order valence-electron chi connectivity index (χ2n) is 3.81. The van der Waals surface area contributed by atoms with Crippen LogP contribution < -0.4 is 10.2 Å². The Labute approximate surface area is 96.5 Å². The van der Waals surface area contributed by atoms with Crippen LogP contribution in [0.4, 0.5) is 11.4 Å². The molecule has 0 bridgehead atoms. The van der Waals surface area contributed by atoms with Crippen LogP contribution in [-0.2, 0) is 0 Å². The Morgan fingerprint density at radius 3 is 2.69 bits per heavy atom. The number of benzene rings is 1. The van der Waals surface area contributed by atoms with Crippen LogP contribution in [0.2, 0.25) is 0 Å². The van der Waals surface area contributed by atoms with Crippen molar-refractivity contribution in [1.29, 1.82) is 0 Å². The van der Waals surface area contributed by atoms with E-state index in [4.69, 9.17) is 0 Å². The lowest BCUT2D eigenvalue weighted by molar-refractivity contribution is 0.589. The molecule has 0 spiro atoms. The Bertz CT molecular complexity index is 392. The van der Waals surface area contributed by atoms with Crippen LogP contribution in [-0.4, -0.2) is 32.9 Å². The summed E-state index contributed by atoms with van der Waals surface area (Å²) in [5.74, 6) is 0. The van der Waals surface area contributed by atoms with Crippen LogP contribution in [0, 0.1) is 0 Å². The predicted octanol–water partition coefficient (Wildman–Crippen LogP) is 2.07. The van der Waals surface area contributed by atoms with E-state index in [0.29, 0.717) is 0 Å². The minimum atomic E-state index is 0.944. The Morgan fingerprint density at radius 2 is 2.06 bits per heavy atom. The van der Waals surface area contributed by atoms with Crippen molar-refractivity contribution in [3.63, 3.8) is 0 Å². The molecule has 1 N–H and O–H groups in total. The molecule has 1 aliphatic heterocycles. The lowest BCUT2D eigenvalue weighted by atomic mass is 10.1. The molecular weight excluding hydrogens is 198 g/mol. The van der Waals surface area contributed by atoms with Gasteiger partial charge in [0.1, 0.15) is 0 Å². The summed E-state index contributed by atoms with van der Waals surface area (Å²) in [4.78, 5) is 6.47. The number of nitrogens with zero attached hydrogens (tertiary/aromatic N) is 2. The van der Waals surface area contributed by atoms with E-state index in [1.807, 2.05) is 18.2 Å². The van der Waals surface area contributed by atoms with Crippen molar-refractivity contribution in [2.24, 2.45) is 4.99 Å². The molecule has 84 valence electrons. The van der Waals surface area contributed by atoms with E-state index in [1.54, 1.807) is 0 Å². The third kappa shape index (κ3) is 1.99. The number of hydrogen-bond acceptors (Lipinski definition) is 3. The minimum absolute atomic E-state index is 0.944. The number of para-hydroxylation sites is 1. The summed E-state index contributed by atoms with van der Waals surface area (Å²) in [5.41, 5.74) is 3.15. The average Bonchev–Trinajstić information content (AvgIpc) is 2.38. The van der Waals surface area contributed by atoms with Gasteiger partial charge in [-0.2, -0.15) is 0 Å². The van der Waals surface area contributed by atoms with Crippen LogP contribution in [0.3, 0.4) is 0 Å². The molecule has 0 radical (unpaired) electrons. The van der Waals surface area contributed by atoms with E-state index in [2.05, 4.69) is 34.6 Å². The Morgan fingerprint density at radius 1 is 1.31 bits per heavy atom. The highest BCUT2D eigenvalue weighted by atomic mass is 15.2.